The van der Waals surface area contributed by atoms with Gasteiger partial charge in [-0.1, -0.05) is 13.8 Å². The molecule has 0 aliphatic rings. The van der Waals surface area contributed by atoms with Gasteiger partial charge in [-0.25, -0.2) is 0 Å². The van der Waals surface area contributed by atoms with Crippen LogP contribution >= 0.6 is 0 Å². The maximum Gasteiger partial charge on any atom is 0.189 e. The molecule has 4 nitrogen and oxygen atoms in total. The lowest BCUT2D eigenvalue weighted by molar-refractivity contribution is -0.279. The second kappa shape index (κ2) is 5.07. The summed E-state index contributed by atoms with van der Waals surface area (Å²) in [6, 6.07) is 0. The molecule has 1 atom stereocenters. The lowest BCUT2D eigenvalue weighted by Gasteiger charge is -2.39. The van der Waals surface area contributed by atoms with Crippen molar-refractivity contribution in [3.8, 4) is 0 Å². The molecule has 0 saturated heterocycles. The van der Waals surface area contributed by atoms with E-state index in [0.717, 1.165) is 0 Å². The minimum Gasteiger partial charge on any atom is -0.394 e. The maximum atomic E-state index is 9.56. The van der Waals surface area contributed by atoms with Gasteiger partial charge in [-0.2, -0.15) is 0 Å². The molecular formula is C10H22O4. The number of aliphatic hydroxyl groups excluding tert-OH is 1. The van der Waals surface area contributed by atoms with Crippen molar-refractivity contribution >= 4 is 0 Å². The van der Waals surface area contributed by atoms with Crippen LogP contribution in [-0.4, -0.2) is 39.9 Å². The fourth-order valence-corrected chi connectivity index (χ4v) is 1.44. The Labute approximate surface area is 85.5 Å². The first kappa shape index (κ1) is 13.8. The fraction of sp³-hybridized carbons (Fsp3) is 1.00. The Morgan fingerprint density at radius 2 is 1.71 bits per heavy atom. The summed E-state index contributed by atoms with van der Waals surface area (Å²) >= 11 is 0. The van der Waals surface area contributed by atoms with Crippen molar-refractivity contribution in [2.24, 2.45) is 5.92 Å². The smallest absolute Gasteiger partial charge is 0.189 e. The zero-order valence-electron chi connectivity index (χ0n) is 9.45. The largest absolute Gasteiger partial charge is 0.394 e. The van der Waals surface area contributed by atoms with E-state index in [1.165, 1.54) is 6.92 Å². The zero-order valence-corrected chi connectivity index (χ0v) is 9.45. The molecule has 86 valence electrons. The van der Waals surface area contributed by atoms with Crippen molar-refractivity contribution in [2.45, 2.75) is 45.5 Å². The molecule has 0 aromatic rings. The minimum atomic E-state index is -1.90. The molecule has 0 saturated carbocycles. The number of aliphatic hydroxyl groups is 3. The maximum absolute atomic E-state index is 9.56. The van der Waals surface area contributed by atoms with Gasteiger partial charge in [-0.15, -0.1) is 0 Å². The molecule has 14 heavy (non-hydrogen) atoms. The molecule has 0 aromatic heterocycles. The minimum absolute atomic E-state index is 0.111. The molecule has 0 spiro atoms. The Bertz CT molecular complexity index is 162. The lowest BCUT2D eigenvalue weighted by atomic mass is 9.87. The first-order valence-corrected chi connectivity index (χ1v) is 4.92. The molecule has 0 amide bonds. The third-order valence-electron chi connectivity index (χ3n) is 2.31. The van der Waals surface area contributed by atoms with Crippen LogP contribution in [0.3, 0.4) is 0 Å². The third-order valence-corrected chi connectivity index (χ3v) is 2.31. The summed E-state index contributed by atoms with van der Waals surface area (Å²) in [6.45, 7) is 6.89. The van der Waals surface area contributed by atoms with Crippen LogP contribution in [0, 0.1) is 5.92 Å². The molecule has 0 aromatic carbocycles. The normalized spacial score (nSPS) is 17.1. The highest BCUT2D eigenvalue weighted by Crippen LogP contribution is 2.30. The van der Waals surface area contributed by atoms with Crippen LogP contribution in [0.4, 0.5) is 0 Å². The van der Waals surface area contributed by atoms with Crippen LogP contribution < -0.4 is 0 Å². The van der Waals surface area contributed by atoms with Crippen LogP contribution in [-0.2, 0) is 4.74 Å². The molecular weight excluding hydrogens is 184 g/mol. The molecule has 0 bridgehead atoms. The van der Waals surface area contributed by atoms with Crippen LogP contribution in [0.5, 0.6) is 0 Å². The topological polar surface area (TPSA) is 69.9 Å². The second-order valence-corrected chi connectivity index (χ2v) is 4.42. The Hall–Kier alpha value is -0.160. The summed E-state index contributed by atoms with van der Waals surface area (Å²) in [5, 5.41) is 27.8. The summed E-state index contributed by atoms with van der Waals surface area (Å²) in [5.74, 6) is -1.61. The SMILES string of the molecule is CC(C)CC(C)(OCCO)C(C)(O)O. The van der Waals surface area contributed by atoms with Gasteiger partial charge in [0.15, 0.2) is 5.79 Å². The van der Waals surface area contributed by atoms with Gasteiger partial charge in [0.25, 0.3) is 0 Å². The molecule has 4 heteroatoms. The first-order chi connectivity index (χ1) is 6.23. The first-order valence-electron chi connectivity index (χ1n) is 4.92. The Morgan fingerprint density at radius 3 is 2.00 bits per heavy atom. The van der Waals surface area contributed by atoms with Gasteiger partial charge in [-0.05, 0) is 26.2 Å². The molecule has 3 N–H and O–H groups in total. The highest BCUT2D eigenvalue weighted by atomic mass is 16.6. The second-order valence-electron chi connectivity index (χ2n) is 4.42. The van der Waals surface area contributed by atoms with E-state index >= 15 is 0 Å². The average molecular weight is 206 g/mol. The number of hydrogen-bond donors (Lipinski definition) is 3. The van der Waals surface area contributed by atoms with Crippen molar-refractivity contribution in [2.75, 3.05) is 13.2 Å². The summed E-state index contributed by atoms with van der Waals surface area (Å²) in [4.78, 5) is 0. The monoisotopic (exact) mass is 206 g/mol. The Morgan fingerprint density at radius 1 is 1.21 bits per heavy atom. The van der Waals surface area contributed by atoms with Gasteiger partial charge in [0.1, 0.15) is 5.60 Å². The van der Waals surface area contributed by atoms with Gasteiger partial charge < -0.3 is 20.1 Å². The van der Waals surface area contributed by atoms with E-state index < -0.39 is 11.4 Å². The van der Waals surface area contributed by atoms with E-state index in [1.54, 1.807) is 6.92 Å². The van der Waals surface area contributed by atoms with Gasteiger partial charge >= 0.3 is 0 Å². The highest BCUT2D eigenvalue weighted by Gasteiger charge is 2.43. The highest BCUT2D eigenvalue weighted by molar-refractivity contribution is 4.87. The molecule has 0 rings (SSSR count). The van der Waals surface area contributed by atoms with Crippen LogP contribution in [0.25, 0.3) is 0 Å². The number of hydrogen-bond acceptors (Lipinski definition) is 4. The number of ether oxygens (including phenoxy) is 1. The van der Waals surface area contributed by atoms with Crippen molar-refractivity contribution in [3.05, 3.63) is 0 Å². The van der Waals surface area contributed by atoms with Gasteiger partial charge in [-0.3, -0.25) is 0 Å². The summed E-state index contributed by atoms with van der Waals surface area (Å²) in [5.41, 5.74) is -1.04. The molecule has 0 heterocycles. The average Bonchev–Trinajstić information content (AvgIpc) is 1.97. The standard InChI is InChI=1S/C10H22O4/c1-8(2)7-9(3,10(4,12)13)14-6-5-11/h8,11-13H,5-7H2,1-4H3. The summed E-state index contributed by atoms with van der Waals surface area (Å²) in [7, 11) is 0. The Kier molecular flexibility index (Phi) is 5.01. The van der Waals surface area contributed by atoms with E-state index in [4.69, 9.17) is 9.84 Å². The van der Waals surface area contributed by atoms with E-state index in [0.29, 0.717) is 6.42 Å². The van der Waals surface area contributed by atoms with E-state index in [2.05, 4.69) is 0 Å². The van der Waals surface area contributed by atoms with Gasteiger partial charge in [0, 0.05) is 0 Å². The van der Waals surface area contributed by atoms with Crippen molar-refractivity contribution in [3.63, 3.8) is 0 Å². The van der Waals surface area contributed by atoms with E-state index in [9.17, 15) is 10.2 Å². The van der Waals surface area contributed by atoms with E-state index in [-0.39, 0.29) is 19.1 Å². The summed E-state index contributed by atoms with van der Waals surface area (Å²) in [6.07, 6.45) is 0.524. The summed E-state index contributed by atoms with van der Waals surface area (Å²) < 4.78 is 5.30. The lowest BCUT2D eigenvalue weighted by Crippen LogP contribution is -2.53. The van der Waals surface area contributed by atoms with Crippen LogP contribution in [0.1, 0.15) is 34.1 Å². The Balaban J connectivity index is 4.50. The predicted octanol–water partition coefficient (Wildman–Crippen LogP) is 0.501. The van der Waals surface area contributed by atoms with Crippen LogP contribution in [0.2, 0.25) is 0 Å². The predicted molar refractivity (Wildman–Crippen MR) is 53.7 cm³/mol. The molecule has 0 radical (unpaired) electrons. The van der Waals surface area contributed by atoms with Crippen molar-refractivity contribution < 1.29 is 20.1 Å². The molecule has 1 unspecified atom stereocenters. The number of rotatable bonds is 6. The van der Waals surface area contributed by atoms with Gasteiger partial charge in [0.2, 0.25) is 0 Å². The third kappa shape index (κ3) is 3.92. The van der Waals surface area contributed by atoms with Crippen molar-refractivity contribution in [1.82, 2.24) is 0 Å². The van der Waals surface area contributed by atoms with Crippen molar-refractivity contribution in [1.29, 1.82) is 0 Å². The van der Waals surface area contributed by atoms with Gasteiger partial charge in [0.05, 0.1) is 13.2 Å². The quantitative estimate of drug-likeness (QED) is 0.553. The molecule has 0 aliphatic heterocycles. The fourth-order valence-electron chi connectivity index (χ4n) is 1.44. The molecule has 0 aliphatic carbocycles. The van der Waals surface area contributed by atoms with E-state index in [1.807, 2.05) is 13.8 Å². The molecule has 0 fully saturated rings. The zero-order chi connectivity index (χ0) is 11.4. The van der Waals surface area contributed by atoms with Crippen LogP contribution in [0.15, 0.2) is 0 Å².